The topological polar surface area (TPSA) is 94.5 Å². The number of hydrogen-bond acceptors (Lipinski definition) is 7. The van der Waals surface area contributed by atoms with Crippen molar-refractivity contribution < 1.29 is 27.4 Å². The number of amides is 1. The first-order chi connectivity index (χ1) is 13.3. The van der Waals surface area contributed by atoms with Crippen molar-refractivity contribution in [2.24, 2.45) is 4.99 Å². The second-order valence-electron chi connectivity index (χ2n) is 6.36. The highest BCUT2D eigenvalue weighted by molar-refractivity contribution is 8.15. The molecule has 0 unspecified atom stereocenters. The highest BCUT2D eigenvalue weighted by Crippen LogP contribution is 2.40. The van der Waals surface area contributed by atoms with Crippen LogP contribution in [0.15, 0.2) is 29.8 Å². The van der Waals surface area contributed by atoms with Crippen LogP contribution in [-0.4, -0.2) is 75.1 Å². The van der Waals surface area contributed by atoms with Crippen LogP contribution in [0.4, 0.5) is 0 Å². The summed E-state index contributed by atoms with van der Waals surface area (Å²) in [5, 5.41) is 0.375. The van der Waals surface area contributed by atoms with Gasteiger partial charge in [0.1, 0.15) is 0 Å². The Bertz CT molecular complexity index is 903. The van der Waals surface area contributed by atoms with Crippen molar-refractivity contribution in [2.45, 2.75) is 11.3 Å². The Labute approximate surface area is 168 Å². The minimum absolute atomic E-state index is 0.0654. The van der Waals surface area contributed by atoms with Gasteiger partial charge in [0.2, 0.25) is 5.75 Å². The van der Waals surface area contributed by atoms with Crippen LogP contribution in [0, 0.1) is 0 Å². The normalized spacial score (nSPS) is 24.1. The summed E-state index contributed by atoms with van der Waals surface area (Å²) in [4.78, 5) is 18.9. The molecule has 3 rings (SSSR count). The Hall–Kier alpha value is -2.20. The van der Waals surface area contributed by atoms with Crippen LogP contribution in [0.1, 0.15) is 10.4 Å². The molecule has 2 saturated heterocycles. The third-order valence-corrected chi connectivity index (χ3v) is 7.86. The molecule has 2 fully saturated rings. The maximum absolute atomic E-state index is 12.8. The van der Waals surface area contributed by atoms with Crippen molar-refractivity contribution in [3.05, 3.63) is 30.4 Å². The second kappa shape index (κ2) is 8.04. The number of carbonyl (C=O) groups excluding carboxylic acids is 1. The standard InChI is InChI=1S/C18H22N2O6S2/c1-5-6-20-12-9-28(22,23)10-15(12)27-18(20)19-17(21)11-7-13(24-2)16(26-4)14(8-11)25-3/h5,7-8,12,15H,1,6,9-10H2,2-4H3/t12-,15+/m1/s1. The number of methoxy groups -OCH3 is 3. The maximum Gasteiger partial charge on any atom is 0.279 e. The Morgan fingerprint density at radius 2 is 1.89 bits per heavy atom. The lowest BCUT2D eigenvalue weighted by atomic mass is 10.1. The Kier molecular flexibility index (Phi) is 5.90. The van der Waals surface area contributed by atoms with E-state index in [1.54, 1.807) is 6.08 Å². The number of ether oxygens (including phenoxy) is 3. The molecular weight excluding hydrogens is 404 g/mol. The van der Waals surface area contributed by atoms with Gasteiger partial charge in [-0.05, 0) is 12.1 Å². The average Bonchev–Trinajstić information content (AvgIpc) is 3.12. The molecule has 28 heavy (non-hydrogen) atoms. The van der Waals surface area contributed by atoms with Crippen molar-refractivity contribution >= 4 is 32.7 Å². The molecule has 2 aliphatic heterocycles. The lowest BCUT2D eigenvalue weighted by Gasteiger charge is -2.22. The fraction of sp³-hybridized carbons (Fsp3) is 0.444. The summed E-state index contributed by atoms with van der Waals surface area (Å²) in [6.45, 7) is 4.15. The van der Waals surface area contributed by atoms with Gasteiger partial charge in [-0.25, -0.2) is 8.42 Å². The summed E-state index contributed by atoms with van der Waals surface area (Å²) in [7, 11) is 1.35. The first kappa shape index (κ1) is 20.5. The number of aliphatic imine (C=N–C) groups is 1. The molecule has 10 heteroatoms. The molecule has 2 heterocycles. The molecule has 1 amide bonds. The molecular formula is C18H22N2O6S2. The first-order valence-corrected chi connectivity index (χ1v) is 11.2. The minimum atomic E-state index is -3.07. The SMILES string of the molecule is C=CCN1C(=NC(=O)c2cc(OC)c(OC)c(OC)c2)S[C@H]2CS(=O)(=O)C[C@H]21. The number of fused-ring (bicyclic) bond motifs is 1. The van der Waals surface area contributed by atoms with Gasteiger partial charge in [-0.3, -0.25) is 4.79 Å². The minimum Gasteiger partial charge on any atom is -0.493 e. The quantitative estimate of drug-likeness (QED) is 0.633. The predicted molar refractivity (Wildman–Crippen MR) is 109 cm³/mol. The van der Waals surface area contributed by atoms with Gasteiger partial charge >= 0.3 is 0 Å². The van der Waals surface area contributed by atoms with Crippen molar-refractivity contribution in [3.8, 4) is 17.2 Å². The molecule has 0 aromatic heterocycles. The zero-order valence-electron chi connectivity index (χ0n) is 15.9. The molecule has 0 aliphatic carbocycles. The monoisotopic (exact) mass is 426 g/mol. The van der Waals surface area contributed by atoms with E-state index in [2.05, 4.69) is 11.6 Å². The van der Waals surface area contributed by atoms with E-state index in [4.69, 9.17) is 14.2 Å². The summed E-state index contributed by atoms with van der Waals surface area (Å²) >= 11 is 1.32. The van der Waals surface area contributed by atoms with Gasteiger partial charge in [-0.2, -0.15) is 4.99 Å². The van der Waals surface area contributed by atoms with Crippen LogP contribution < -0.4 is 14.2 Å². The number of hydrogen-bond donors (Lipinski definition) is 0. The fourth-order valence-electron chi connectivity index (χ4n) is 3.34. The third-order valence-electron chi connectivity index (χ3n) is 4.61. The highest BCUT2D eigenvalue weighted by Gasteiger charge is 2.48. The smallest absolute Gasteiger partial charge is 0.279 e. The largest absolute Gasteiger partial charge is 0.493 e. The van der Waals surface area contributed by atoms with Crippen molar-refractivity contribution in [2.75, 3.05) is 39.4 Å². The van der Waals surface area contributed by atoms with E-state index >= 15 is 0 Å². The zero-order valence-corrected chi connectivity index (χ0v) is 17.5. The second-order valence-corrected chi connectivity index (χ2v) is 9.72. The Morgan fingerprint density at radius 1 is 1.25 bits per heavy atom. The van der Waals surface area contributed by atoms with Gasteiger partial charge in [-0.1, -0.05) is 17.8 Å². The van der Waals surface area contributed by atoms with Crippen LogP contribution in [0.5, 0.6) is 17.2 Å². The highest BCUT2D eigenvalue weighted by atomic mass is 32.2. The first-order valence-electron chi connectivity index (χ1n) is 8.51. The van der Waals surface area contributed by atoms with Crippen molar-refractivity contribution in [1.29, 1.82) is 0 Å². The summed E-state index contributed by atoms with van der Waals surface area (Å²) in [5.41, 5.74) is 0.283. The third kappa shape index (κ3) is 3.83. The van der Waals surface area contributed by atoms with E-state index in [0.29, 0.717) is 29.0 Å². The number of sulfone groups is 1. The van der Waals surface area contributed by atoms with Gasteiger partial charge in [0.15, 0.2) is 26.5 Å². The molecule has 0 N–H and O–H groups in total. The fourth-order valence-corrected chi connectivity index (χ4v) is 7.30. The molecule has 0 saturated carbocycles. The van der Waals surface area contributed by atoms with Gasteiger partial charge in [0, 0.05) is 17.4 Å². The summed E-state index contributed by atoms with van der Waals surface area (Å²) in [6, 6.07) is 2.88. The molecule has 0 bridgehead atoms. The van der Waals surface area contributed by atoms with Crippen molar-refractivity contribution in [3.63, 3.8) is 0 Å². The number of nitrogens with zero attached hydrogens (tertiary/aromatic N) is 2. The molecule has 0 spiro atoms. The average molecular weight is 427 g/mol. The van der Waals surface area contributed by atoms with Crippen LogP contribution >= 0.6 is 11.8 Å². The van der Waals surface area contributed by atoms with E-state index in [0.717, 1.165) is 0 Å². The molecule has 2 aliphatic rings. The van der Waals surface area contributed by atoms with E-state index in [1.807, 2.05) is 4.90 Å². The molecule has 152 valence electrons. The van der Waals surface area contributed by atoms with E-state index in [-0.39, 0.29) is 28.4 Å². The van der Waals surface area contributed by atoms with Gasteiger partial charge in [0.05, 0.1) is 38.9 Å². The zero-order chi connectivity index (χ0) is 20.5. The van der Waals surface area contributed by atoms with E-state index in [9.17, 15) is 13.2 Å². The van der Waals surface area contributed by atoms with Crippen LogP contribution in [0.25, 0.3) is 0 Å². The number of benzene rings is 1. The Morgan fingerprint density at radius 3 is 2.43 bits per heavy atom. The van der Waals surface area contributed by atoms with Crippen LogP contribution in [0.3, 0.4) is 0 Å². The number of thioether (sulfide) groups is 1. The van der Waals surface area contributed by atoms with Crippen LogP contribution in [0.2, 0.25) is 0 Å². The molecule has 1 aromatic rings. The predicted octanol–water partition coefficient (Wildman–Crippen LogP) is 1.61. The number of amidine groups is 1. The lowest BCUT2D eigenvalue weighted by molar-refractivity contribution is 0.100. The maximum atomic E-state index is 12.8. The molecule has 8 nitrogen and oxygen atoms in total. The van der Waals surface area contributed by atoms with Crippen LogP contribution in [-0.2, 0) is 9.84 Å². The van der Waals surface area contributed by atoms with Gasteiger partial charge in [0.25, 0.3) is 5.91 Å². The molecule has 2 atom stereocenters. The Balaban J connectivity index is 1.93. The summed E-state index contributed by atoms with van der Waals surface area (Å²) < 4.78 is 39.7. The van der Waals surface area contributed by atoms with E-state index in [1.165, 1.54) is 45.2 Å². The molecule has 1 aromatic carbocycles. The van der Waals surface area contributed by atoms with E-state index < -0.39 is 15.7 Å². The lowest BCUT2D eigenvalue weighted by Crippen LogP contribution is -2.37. The summed E-state index contributed by atoms with van der Waals surface area (Å²) in [6.07, 6.45) is 1.67. The summed E-state index contributed by atoms with van der Waals surface area (Å²) in [5.74, 6) is 0.783. The van der Waals surface area contributed by atoms with Gasteiger partial charge < -0.3 is 19.1 Å². The number of rotatable bonds is 6. The number of carbonyl (C=O) groups is 1. The molecule has 0 radical (unpaired) electrons. The van der Waals surface area contributed by atoms with Crippen molar-refractivity contribution in [1.82, 2.24) is 4.90 Å². The van der Waals surface area contributed by atoms with Gasteiger partial charge in [-0.15, -0.1) is 6.58 Å².